The van der Waals surface area contributed by atoms with Gasteiger partial charge in [0.05, 0.1) is 6.04 Å². The zero-order valence-electron chi connectivity index (χ0n) is 15.7. The van der Waals surface area contributed by atoms with Crippen molar-refractivity contribution in [3.63, 3.8) is 0 Å². The fourth-order valence-corrected chi connectivity index (χ4v) is 2.88. The average molecular weight is 365 g/mol. The third-order valence-electron chi connectivity index (χ3n) is 4.29. The van der Waals surface area contributed by atoms with Crippen LogP contribution in [0.2, 0.25) is 0 Å². The summed E-state index contributed by atoms with van der Waals surface area (Å²) in [6, 6.07) is 16.1. The second kappa shape index (κ2) is 9.12. The molecule has 0 spiro atoms. The molecule has 0 fully saturated rings. The van der Waals surface area contributed by atoms with Crippen LogP contribution >= 0.6 is 0 Å². The highest BCUT2D eigenvalue weighted by atomic mass is 19.1. The van der Waals surface area contributed by atoms with Crippen LogP contribution in [0, 0.1) is 5.82 Å². The highest BCUT2D eigenvalue weighted by Crippen LogP contribution is 2.26. The Labute approximate surface area is 159 Å². The van der Waals surface area contributed by atoms with Crippen molar-refractivity contribution in [3.8, 4) is 11.5 Å². The summed E-state index contributed by atoms with van der Waals surface area (Å²) < 4.78 is 18.7. The molecule has 3 aromatic rings. The van der Waals surface area contributed by atoms with Gasteiger partial charge in [0, 0.05) is 11.8 Å². The SMILES string of the molecule is CCCc1cc(NC(CC)c2ccc(Oc3ccc(F)cc3)cc2)ncn1. The van der Waals surface area contributed by atoms with Crippen molar-refractivity contribution in [2.75, 3.05) is 5.32 Å². The van der Waals surface area contributed by atoms with Gasteiger partial charge in [-0.05, 0) is 54.8 Å². The van der Waals surface area contributed by atoms with E-state index < -0.39 is 0 Å². The zero-order chi connectivity index (χ0) is 19.1. The molecule has 1 heterocycles. The van der Waals surface area contributed by atoms with Crippen LogP contribution in [0.1, 0.15) is 44.0 Å². The number of aromatic nitrogens is 2. The molecule has 4 nitrogen and oxygen atoms in total. The summed E-state index contributed by atoms with van der Waals surface area (Å²) in [7, 11) is 0. The van der Waals surface area contributed by atoms with Gasteiger partial charge >= 0.3 is 0 Å². The molecule has 27 heavy (non-hydrogen) atoms. The lowest BCUT2D eigenvalue weighted by molar-refractivity contribution is 0.480. The molecule has 1 N–H and O–H groups in total. The number of aryl methyl sites for hydroxylation is 1. The first-order valence-electron chi connectivity index (χ1n) is 9.28. The number of nitrogens with one attached hydrogen (secondary N) is 1. The Morgan fingerprint density at radius 3 is 2.26 bits per heavy atom. The van der Waals surface area contributed by atoms with Crippen molar-refractivity contribution < 1.29 is 9.13 Å². The Morgan fingerprint density at radius 2 is 1.63 bits per heavy atom. The van der Waals surface area contributed by atoms with Crippen molar-refractivity contribution in [1.29, 1.82) is 0 Å². The molecule has 1 unspecified atom stereocenters. The fourth-order valence-electron chi connectivity index (χ4n) is 2.88. The molecule has 1 aromatic heterocycles. The molecule has 0 amide bonds. The van der Waals surface area contributed by atoms with E-state index in [1.165, 1.54) is 12.1 Å². The number of anilines is 1. The van der Waals surface area contributed by atoms with E-state index in [-0.39, 0.29) is 11.9 Å². The van der Waals surface area contributed by atoms with Gasteiger partial charge in [-0.3, -0.25) is 0 Å². The molecule has 0 aliphatic rings. The smallest absolute Gasteiger partial charge is 0.130 e. The summed E-state index contributed by atoms with van der Waals surface area (Å²) in [5.74, 6) is 1.89. The summed E-state index contributed by atoms with van der Waals surface area (Å²) >= 11 is 0. The summed E-state index contributed by atoms with van der Waals surface area (Å²) in [4.78, 5) is 8.64. The molecule has 0 aliphatic heterocycles. The number of benzene rings is 2. The maximum Gasteiger partial charge on any atom is 0.130 e. The molecule has 0 aliphatic carbocycles. The second-order valence-electron chi connectivity index (χ2n) is 6.37. The predicted octanol–water partition coefficient (Wildman–Crippen LogP) is 5.92. The number of rotatable bonds is 8. The number of halogens is 1. The first-order valence-corrected chi connectivity index (χ1v) is 9.28. The van der Waals surface area contributed by atoms with E-state index in [9.17, 15) is 4.39 Å². The largest absolute Gasteiger partial charge is 0.457 e. The fraction of sp³-hybridized carbons (Fsp3) is 0.273. The molecule has 140 valence electrons. The normalized spacial score (nSPS) is 11.8. The van der Waals surface area contributed by atoms with E-state index in [4.69, 9.17) is 4.74 Å². The lowest BCUT2D eigenvalue weighted by atomic mass is 10.0. The molecular weight excluding hydrogens is 341 g/mol. The van der Waals surface area contributed by atoms with Crippen molar-refractivity contribution in [2.45, 2.75) is 39.2 Å². The molecule has 0 radical (unpaired) electrons. The van der Waals surface area contributed by atoms with E-state index >= 15 is 0 Å². The minimum atomic E-state index is -0.277. The molecule has 0 saturated carbocycles. The van der Waals surface area contributed by atoms with E-state index in [1.54, 1.807) is 18.5 Å². The highest BCUT2D eigenvalue weighted by Gasteiger charge is 2.11. The number of ether oxygens (including phenoxy) is 1. The standard InChI is InChI=1S/C22H24FN3O/c1-3-5-18-14-22(25-15-24-18)26-21(4-2)16-6-10-19(11-7-16)27-20-12-8-17(23)9-13-20/h6-15,21H,3-5H2,1-2H3,(H,24,25,26). The van der Waals surface area contributed by atoms with Crippen LogP contribution in [0.5, 0.6) is 11.5 Å². The Kier molecular flexibility index (Phi) is 6.36. The van der Waals surface area contributed by atoms with Gasteiger partial charge in [0.2, 0.25) is 0 Å². The van der Waals surface area contributed by atoms with Gasteiger partial charge in [0.1, 0.15) is 29.5 Å². The van der Waals surface area contributed by atoms with Crippen molar-refractivity contribution in [3.05, 3.63) is 78.0 Å². The Hall–Kier alpha value is -2.95. The van der Waals surface area contributed by atoms with Crippen molar-refractivity contribution >= 4 is 5.82 Å². The van der Waals surface area contributed by atoms with Gasteiger partial charge in [0.25, 0.3) is 0 Å². The monoisotopic (exact) mass is 365 g/mol. The second-order valence-corrected chi connectivity index (χ2v) is 6.37. The maximum atomic E-state index is 13.0. The molecule has 2 aromatic carbocycles. The summed E-state index contributed by atoms with van der Waals surface area (Å²) in [5, 5.41) is 3.49. The Bertz CT molecular complexity index is 850. The van der Waals surface area contributed by atoms with Crippen LogP contribution in [-0.2, 0) is 6.42 Å². The lowest BCUT2D eigenvalue weighted by Gasteiger charge is -2.19. The van der Waals surface area contributed by atoms with Crippen LogP contribution in [-0.4, -0.2) is 9.97 Å². The van der Waals surface area contributed by atoms with Gasteiger partial charge in [-0.15, -0.1) is 0 Å². The van der Waals surface area contributed by atoms with Gasteiger partial charge in [-0.2, -0.15) is 0 Å². The summed E-state index contributed by atoms with van der Waals surface area (Å²) in [6.07, 6.45) is 4.54. The first kappa shape index (κ1) is 18.8. The molecule has 3 rings (SSSR count). The van der Waals surface area contributed by atoms with Crippen LogP contribution in [0.15, 0.2) is 60.9 Å². The van der Waals surface area contributed by atoms with Gasteiger partial charge < -0.3 is 10.1 Å². The van der Waals surface area contributed by atoms with E-state index in [0.29, 0.717) is 11.5 Å². The quantitative estimate of drug-likeness (QED) is 0.538. The zero-order valence-corrected chi connectivity index (χ0v) is 15.7. The number of nitrogens with zero attached hydrogens (tertiary/aromatic N) is 2. The topological polar surface area (TPSA) is 47.0 Å². The predicted molar refractivity (Wildman–Crippen MR) is 106 cm³/mol. The van der Waals surface area contributed by atoms with Gasteiger partial charge in [-0.25, -0.2) is 14.4 Å². The summed E-state index contributed by atoms with van der Waals surface area (Å²) in [6.45, 7) is 4.27. The summed E-state index contributed by atoms with van der Waals surface area (Å²) in [5.41, 5.74) is 2.20. The van der Waals surface area contributed by atoms with Gasteiger partial charge in [0.15, 0.2) is 0 Å². The van der Waals surface area contributed by atoms with E-state index in [0.717, 1.165) is 36.3 Å². The Balaban J connectivity index is 1.68. The average Bonchev–Trinajstić information content (AvgIpc) is 2.69. The molecular formula is C22H24FN3O. The van der Waals surface area contributed by atoms with Crippen molar-refractivity contribution in [2.24, 2.45) is 0 Å². The molecule has 0 saturated heterocycles. The highest BCUT2D eigenvalue weighted by molar-refractivity contribution is 5.41. The lowest BCUT2D eigenvalue weighted by Crippen LogP contribution is -2.11. The maximum absolute atomic E-state index is 13.0. The van der Waals surface area contributed by atoms with Crippen LogP contribution < -0.4 is 10.1 Å². The van der Waals surface area contributed by atoms with E-state index in [2.05, 4.69) is 29.1 Å². The van der Waals surface area contributed by atoms with Crippen molar-refractivity contribution in [1.82, 2.24) is 9.97 Å². The van der Waals surface area contributed by atoms with E-state index in [1.807, 2.05) is 30.3 Å². The minimum Gasteiger partial charge on any atom is -0.457 e. The van der Waals surface area contributed by atoms with Crippen LogP contribution in [0.3, 0.4) is 0 Å². The third kappa shape index (κ3) is 5.26. The van der Waals surface area contributed by atoms with Gasteiger partial charge in [-0.1, -0.05) is 32.4 Å². The minimum absolute atomic E-state index is 0.147. The number of hydrogen-bond donors (Lipinski definition) is 1. The third-order valence-corrected chi connectivity index (χ3v) is 4.29. The van der Waals surface area contributed by atoms with Crippen LogP contribution in [0.25, 0.3) is 0 Å². The first-order chi connectivity index (χ1) is 13.2. The Morgan fingerprint density at radius 1 is 0.963 bits per heavy atom. The number of hydrogen-bond acceptors (Lipinski definition) is 4. The molecule has 0 bridgehead atoms. The van der Waals surface area contributed by atoms with Crippen LogP contribution in [0.4, 0.5) is 10.2 Å². The molecule has 1 atom stereocenters. The molecule has 5 heteroatoms.